The molecule has 1 amide bonds. The fraction of sp³-hybridized carbons (Fsp3) is 0.0526. The standard InChI is InChI=1S/C19H13NO3S/c21-18-11-24-17-8-6-14(10-16(17)20-18)19(22)23-15-7-5-12-3-1-2-4-13(12)9-15/h1-10H,11H2,(H,20,21). The van der Waals surface area contributed by atoms with E-state index in [2.05, 4.69) is 5.32 Å². The average molecular weight is 335 g/mol. The maximum atomic E-state index is 12.4. The molecule has 3 aromatic carbocycles. The summed E-state index contributed by atoms with van der Waals surface area (Å²) in [4.78, 5) is 24.8. The normalized spacial score (nSPS) is 13.2. The maximum Gasteiger partial charge on any atom is 0.343 e. The largest absolute Gasteiger partial charge is 0.423 e. The van der Waals surface area contributed by atoms with E-state index in [1.807, 2.05) is 42.5 Å². The monoisotopic (exact) mass is 335 g/mol. The molecule has 0 aliphatic carbocycles. The Morgan fingerprint density at radius 1 is 1.00 bits per heavy atom. The van der Waals surface area contributed by atoms with E-state index < -0.39 is 5.97 Å². The van der Waals surface area contributed by atoms with E-state index in [0.717, 1.165) is 15.7 Å². The molecule has 0 fully saturated rings. The van der Waals surface area contributed by atoms with E-state index >= 15 is 0 Å². The van der Waals surface area contributed by atoms with Crippen molar-refractivity contribution in [1.29, 1.82) is 0 Å². The SMILES string of the molecule is O=C1CSc2ccc(C(=O)Oc3ccc4ccccc4c3)cc2N1. The Balaban J connectivity index is 1.59. The lowest BCUT2D eigenvalue weighted by atomic mass is 10.1. The molecule has 1 heterocycles. The molecular weight excluding hydrogens is 322 g/mol. The number of ether oxygens (including phenoxy) is 1. The molecule has 118 valence electrons. The van der Waals surface area contributed by atoms with Crippen LogP contribution in [0.5, 0.6) is 5.75 Å². The summed E-state index contributed by atoms with van der Waals surface area (Å²) in [6.45, 7) is 0. The summed E-state index contributed by atoms with van der Waals surface area (Å²) in [7, 11) is 0. The Kier molecular flexibility index (Phi) is 3.70. The van der Waals surface area contributed by atoms with Crippen LogP contribution < -0.4 is 10.1 Å². The molecule has 0 aromatic heterocycles. The molecule has 0 atom stereocenters. The Hall–Kier alpha value is -2.79. The van der Waals surface area contributed by atoms with E-state index in [4.69, 9.17) is 4.74 Å². The third-order valence-electron chi connectivity index (χ3n) is 3.78. The number of nitrogens with one attached hydrogen (secondary N) is 1. The van der Waals surface area contributed by atoms with Crippen LogP contribution in [0.3, 0.4) is 0 Å². The van der Waals surface area contributed by atoms with Crippen LogP contribution in [0.25, 0.3) is 10.8 Å². The molecule has 0 saturated carbocycles. The fourth-order valence-electron chi connectivity index (χ4n) is 2.61. The number of anilines is 1. The predicted molar refractivity (Wildman–Crippen MR) is 94.7 cm³/mol. The van der Waals surface area contributed by atoms with Gasteiger partial charge in [0.1, 0.15) is 5.75 Å². The first kappa shape index (κ1) is 14.8. The van der Waals surface area contributed by atoms with Crippen LogP contribution in [0.1, 0.15) is 10.4 Å². The van der Waals surface area contributed by atoms with Crippen molar-refractivity contribution in [2.75, 3.05) is 11.1 Å². The van der Waals surface area contributed by atoms with Gasteiger partial charge in [0, 0.05) is 4.90 Å². The van der Waals surface area contributed by atoms with Crippen LogP contribution in [0.2, 0.25) is 0 Å². The molecule has 1 aliphatic heterocycles. The van der Waals surface area contributed by atoms with Gasteiger partial charge in [-0.05, 0) is 41.1 Å². The number of esters is 1. The molecule has 0 radical (unpaired) electrons. The predicted octanol–water partition coefficient (Wildman–Crippen LogP) is 4.10. The summed E-state index contributed by atoms with van der Waals surface area (Å²) in [5.74, 6) is 0.383. The van der Waals surface area contributed by atoms with Crippen LogP contribution in [0, 0.1) is 0 Å². The van der Waals surface area contributed by atoms with Crippen molar-refractivity contribution in [2.24, 2.45) is 0 Å². The van der Waals surface area contributed by atoms with Gasteiger partial charge in [-0.15, -0.1) is 11.8 Å². The lowest BCUT2D eigenvalue weighted by molar-refractivity contribution is -0.113. The molecular formula is C19H13NO3S. The fourth-order valence-corrected chi connectivity index (χ4v) is 3.40. The van der Waals surface area contributed by atoms with Crippen LogP contribution in [-0.4, -0.2) is 17.6 Å². The lowest BCUT2D eigenvalue weighted by Crippen LogP contribution is -2.19. The molecule has 4 nitrogen and oxygen atoms in total. The van der Waals surface area contributed by atoms with Crippen molar-refractivity contribution in [3.05, 3.63) is 66.2 Å². The second-order valence-corrected chi connectivity index (χ2v) is 6.46. The minimum Gasteiger partial charge on any atom is -0.423 e. The summed E-state index contributed by atoms with van der Waals surface area (Å²) in [6, 6.07) is 18.6. The summed E-state index contributed by atoms with van der Waals surface area (Å²) in [5, 5.41) is 4.88. The van der Waals surface area contributed by atoms with Crippen molar-refractivity contribution >= 4 is 40.1 Å². The van der Waals surface area contributed by atoms with Gasteiger partial charge in [-0.1, -0.05) is 30.3 Å². The van der Waals surface area contributed by atoms with Gasteiger partial charge < -0.3 is 10.1 Å². The molecule has 3 aromatic rings. The number of carbonyl (C=O) groups is 2. The highest BCUT2D eigenvalue weighted by Gasteiger charge is 2.18. The average Bonchev–Trinajstić information content (AvgIpc) is 2.61. The first-order chi connectivity index (χ1) is 11.7. The van der Waals surface area contributed by atoms with Gasteiger partial charge in [0.2, 0.25) is 5.91 Å². The third kappa shape index (κ3) is 2.86. The maximum absolute atomic E-state index is 12.4. The smallest absolute Gasteiger partial charge is 0.343 e. The highest BCUT2D eigenvalue weighted by molar-refractivity contribution is 8.00. The van der Waals surface area contributed by atoms with E-state index in [1.165, 1.54) is 11.8 Å². The summed E-state index contributed by atoms with van der Waals surface area (Å²) >= 11 is 1.46. The number of rotatable bonds is 2. The number of thioether (sulfide) groups is 1. The van der Waals surface area contributed by atoms with Crippen molar-refractivity contribution in [2.45, 2.75) is 4.90 Å². The van der Waals surface area contributed by atoms with Crippen LogP contribution in [0.4, 0.5) is 5.69 Å². The second-order valence-electron chi connectivity index (χ2n) is 5.45. The second kappa shape index (κ2) is 6.02. The van der Waals surface area contributed by atoms with Gasteiger partial charge in [-0.3, -0.25) is 4.79 Å². The van der Waals surface area contributed by atoms with Gasteiger partial charge in [-0.25, -0.2) is 4.79 Å². The summed E-state index contributed by atoms with van der Waals surface area (Å²) < 4.78 is 5.47. The Morgan fingerprint density at radius 3 is 2.71 bits per heavy atom. The van der Waals surface area contributed by atoms with E-state index in [1.54, 1.807) is 18.2 Å². The summed E-state index contributed by atoms with van der Waals surface area (Å²) in [6.07, 6.45) is 0. The molecule has 0 unspecified atom stereocenters. The topological polar surface area (TPSA) is 55.4 Å². The van der Waals surface area contributed by atoms with Crippen molar-refractivity contribution in [3.8, 4) is 5.75 Å². The molecule has 0 spiro atoms. The van der Waals surface area contributed by atoms with E-state index in [9.17, 15) is 9.59 Å². The zero-order valence-corrected chi connectivity index (χ0v) is 13.4. The van der Waals surface area contributed by atoms with Crippen LogP contribution in [-0.2, 0) is 4.79 Å². The Morgan fingerprint density at radius 2 is 1.83 bits per heavy atom. The van der Waals surface area contributed by atoms with Gasteiger partial charge in [0.25, 0.3) is 0 Å². The first-order valence-electron chi connectivity index (χ1n) is 7.47. The number of amides is 1. The van der Waals surface area contributed by atoms with Crippen molar-refractivity contribution in [3.63, 3.8) is 0 Å². The van der Waals surface area contributed by atoms with E-state index in [0.29, 0.717) is 22.8 Å². The molecule has 1 N–H and O–H groups in total. The Bertz CT molecular complexity index is 968. The molecule has 24 heavy (non-hydrogen) atoms. The zero-order valence-electron chi connectivity index (χ0n) is 12.6. The molecule has 0 saturated heterocycles. The lowest BCUT2D eigenvalue weighted by Gasteiger charge is -2.16. The third-order valence-corrected chi connectivity index (χ3v) is 4.85. The number of hydrogen-bond donors (Lipinski definition) is 1. The van der Waals surface area contributed by atoms with Gasteiger partial charge in [0.05, 0.1) is 17.0 Å². The van der Waals surface area contributed by atoms with Crippen molar-refractivity contribution in [1.82, 2.24) is 0 Å². The van der Waals surface area contributed by atoms with Crippen LogP contribution in [0.15, 0.2) is 65.6 Å². The van der Waals surface area contributed by atoms with Crippen molar-refractivity contribution < 1.29 is 14.3 Å². The first-order valence-corrected chi connectivity index (χ1v) is 8.45. The van der Waals surface area contributed by atoms with E-state index in [-0.39, 0.29) is 5.91 Å². The highest BCUT2D eigenvalue weighted by atomic mass is 32.2. The number of fused-ring (bicyclic) bond motifs is 2. The minimum absolute atomic E-state index is 0.0625. The zero-order chi connectivity index (χ0) is 16.5. The number of benzene rings is 3. The van der Waals surface area contributed by atoms with Gasteiger partial charge >= 0.3 is 5.97 Å². The molecule has 1 aliphatic rings. The van der Waals surface area contributed by atoms with Crippen LogP contribution >= 0.6 is 11.8 Å². The molecule has 0 bridgehead atoms. The highest BCUT2D eigenvalue weighted by Crippen LogP contribution is 2.32. The minimum atomic E-state index is -0.446. The number of carbonyl (C=O) groups excluding carboxylic acids is 2. The number of hydrogen-bond acceptors (Lipinski definition) is 4. The van der Waals surface area contributed by atoms with Gasteiger partial charge in [-0.2, -0.15) is 0 Å². The Labute approximate surface area is 142 Å². The quantitative estimate of drug-likeness (QED) is 0.566. The molecule has 5 heteroatoms. The van der Waals surface area contributed by atoms with Gasteiger partial charge in [0.15, 0.2) is 0 Å². The summed E-state index contributed by atoms with van der Waals surface area (Å²) in [5.41, 5.74) is 1.06. The molecule has 4 rings (SSSR count).